The third-order valence-electron chi connectivity index (χ3n) is 2.67. The van der Waals surface area contributed by atoms with Gasteiger partial charge in [0.1, 0.15) is 6.61 Å². The average Bonchev–Trinajstić information content (AvgIpc) is 3.04. The summed E-state index contributed by atoms with van der Waals surface area (Å²) in [4.78, 5) is 23.7. The van der Waals surface area contributed by atoms with E-state index in [0.717, 1.165) is 4.88 Å². The molecule has 114 valence electrons. The molecule has 1 heterocycles. The van der Waals surface area contributed by atoms with E-state index in [-0.39, 0.29) is 17.6 Å². The van der Waals surface area contributed by atoms with Crippen LogP contribution in [0.5, 0.6) is 0 Å². The first kappa shape index (κ1) is 16.2. The topological polar surface area (TPSA) is 67.8 Å². The molecule has 0 amide bonds. The minimum atomic E-state index is -0.706. The zero-order valence-electron chi connectivity index (χ0n) is 11.7. The SMILES string of the molecule is CC(=O)c1ccc(N/N=C(\Cl)C(=O)OCc2cccs2)cc1. The Morgan fingerprint density at radius 1 is 1.27 bits per heavy atom. The van der Waals surface area contributed by atoms with E-state index in [0.29, 0.717) is 11.3 Å². The second-order valence-corrected chi connectivity index (χ2v) is 5.69. The smallest absolute Gasteiger partial charge is 0.371 e. The van der Waals surface area contributed by atoms with Gasteiger partial charge in [0, 0.05) is 10.4 Å². The van der Waals surface area contributed by atoms with Gasteiger partial charge >= 0.3 is 5.97 Å². The van der Waals surface area contributed by atoms with Crippen molar-refractivity contribution in [1.29, 1.82) is 0 Å². The summed E-state index contributed by atoms with van der Waals surface area (Å²) in [7, 11) is 0. The van der Waals surface area contributed by atoms with Crippen molar-refractivity contribution in [1.82, 2.24) is 0 Å². The number of thiophene rings is 1. The Labute approximate surface area is 136 Å². The third kappa shape index (κ3) is 4.68. The van der Waals surface area contributed by atoms with Gasteiger partial charge in [0.2, 0.25) is 5.17 Å². The summed E-state index contributed by atoms with van der Waals surface area (Å²) >= 11 is 7.25. The summed E-state index contributed by atoms with van der Waals surface area (Å²) in [5.41, 5.74) is 3.83. The van der Waals surface area contributed by atoms with Gasteiger partial charge in [-0.3, -0.25) is 10.2 Å². The molecule has 0 unspecified atom stereocenters. The van der Waals surface area contributed by atoms with Gasteiger partial charge in [-0.1, -0.05) is 17.7 Å². The van der Waals surface area contributed by atoms with Gasteiger partial charge in [-0.25, -0.2) is 4.79 Å². The van der Waals surface area contributed by atoms with Crippen LogP contribution in [0.25, 0.3) is 0 Å². The summed E-state index contributed by atoms with van der Waals surface area (Å²) in [6.07, 6.45) is 0. The van der Waals surface area contributed by atoms with Gasteiger partial charge in [0.15, 0.2) is 5.78 Å². The summed E-state index contributed by atoms with van der Waals surface area (Å²) in [6, 6.07) is 10.4. The first-order chi connectivity index (χ1) is 10.6. The van der Waals surface area contributed by atoms with Gasteiger partial charge in [-0.2, -0.15) is 5.10 Å². The number of nitrogens with one attached hydrogen (secondary N) is 1. The van der Waals surface area contributed by atoms with E-state index in [4.69, 9.17) is 16.3 Å². The van der Waals surface area contributed by atoms with E-state index in [1.165, 1.54) is 18.3 Å². The van der Waals surface area contributed by atoms with Crippen molar-refractivity contribution in [3.63, 3.8) is 0 Å². The standard InChI is InChI=1S/C15H13ClN2O3S/c1-10(19)11-4-6-12(7-5-11)17-18-14(16)15(20)21-9-13-3-2-8-22-13/h2-8,17H,9H2,1H3/b18-14-. The highest BCUT2D eigenvalue weighted by atomic mass is 35.5. The number of benzene rings is 1. The number of hydrogen-bond donors (Lipinski definition) is 1. The van der Waals surface area contributed by atoms with Crippen LogP contribution in [0.1, 0.15) is 22.2 Å². The zero-order valence-corrected chi connectivity index (χ0v) is 13.3. The van der Waals surface area contributed by atoms with Gasteiger partial charge < -0.3 is 4.74 Å². The van der Waals surface area contributed by atoms with Crippen LogP contribution in [0.3, 0.4) is 0 Å². The molecule has 1 aromatic heterocycles. The Balaban J connectivity index is 1.88. The van der Waals surface area contributed by atoms with Crippen molar-refractivity contribution < 1.29 is 14.3 Å². The number of hydrazone groups is 1. The molecule has 0 aliphatic carbocycles. The number of rotatable bonds is 6. The lowest BCUT2D eigenvalue weighted by Crippen LogP contribution is -2.13. The molecule has 0 saturated carbocycles. The molecule has 0 radical (unpaired) electrons. The predicted molar refractivity (Wildman–Crippen MR) is 87.5 cm³/mol. The summed E-state index contributed by atoms with van der Waals surface area (Å²) in [5, 5.41) is 5.34. The van der Waals surface area contributed by atoms with Crippen LogP contribution >= 0.6 is 22.9 Å². The van der Waals surface area contributed by atoms with Crippen LogP contribution in [-0.4, -0.2) is 16.9 Å². The second-order valence-electron chi connectivity index (χ2n) is 4.30. The van der Waals surface area contributed by atoms with Crippen LogP contribution < -0.4 is 5.43 Å². The van der Waals surface area contributed by atoms with E-state index in [2.05, 4.69) is 10.5 Å². The van der Waals surface area contributed by atoms with E-state index in [1.54, 1.807) is 24.3 Å². The fourth-order valence-electron chi connectivity index (χ4n) is 1.53. The molecule has 0 spiro atoms. The highest BCUT2D eigenvalue weighted by molar-refractivity contribution is 7.09. The summed E-state index contributed by atoms with van der Waals surface area (Å²) < 4.78 is 5.01. The Hall–Kier alpha value is -2.18. The van der Waals surface area contributed by atoms with Crippen molar-refractivity contribution in [2.75, 3.05) is 5.43 Å². The maximum atomic E-state index is 11.6. The summed E-state index contributed by atoms with van der Waals surface area (Å²) in [5.74, 6) is -0.729. The summed E-state index contributed by atoms with van der Waals surface area (Å²) in [6.45, 7) is 1.65. The fourth-order valence-corrected chi connectivity index (χ4v) is 2.24. The molecule has 0 fully saturated rings. The van der Waals surface area contributed by atoms with E-state index < -0.39 is 5.97 Å². The highest BCUT2D eigenvalue weighted by Crippen LogP contribution is 2.12. The second kappa shape index (κ2) is 7.72. The van der Waals surface area contributed by atoms with Gasteiger partial charge in [-0.15, -0.1) is 11.3 Å². The number of anilines is 1. The van der Waals surface area contributed by atoms with Crippen molar-refractivity contribution in [2.45, 2.75) is 13.5 Å². The molecule has 1 N–H and O–H groups in total. The molecule has 7 heteroatoms. The average molecular weight is 337 g/mol. The van der Waals surface area contributed by atoms with Crippen molar-refractivity contribution in [2.24, 2.45) is 5.10 Å². The molecule has 1 aromatic carbocycles. The number of hydrogen-bond acceptors (Lipinski definition) is 6. The lowest BCUT2D eigenvalue weighted by molar-refractivity contribution is -0.136. The van der Waals surface area contributed by atoms with E-state index in [1.807, 2.05) is 17.5 Å². The van der Waals surface area contributed by atoms with Gasteiger partial charge in [0.25, 0.3) is 0 Å². The minimum absolute atomic E-state index is 0.0229. The Bertz CT molecular complexity index is 681. The maximum Gasteiger partial charge on any atom is 0.371 e. The molecule has 2 rings (SSSR count). The lowest BCUT2D eigenvalue weighted by atomic mass is 10.1. The fraction of sp³-hybridized carbons (Fsp3) is 0.133. The zero-order chi connectivity index (χ0) is 15.9. The quantitative estimate of drug-likeness (QED) is 0.378. The number of carbonyl (C=O) groups excluding carboxylic acids is 2. The number of ketones is 1. The molecular weight excluding hydrogens is 324 g/mol. The minimum Gasteiger partial charge on any atom is -0.455 e. The Morgan fingerprint density at radius 2 is 2.00 bits per heavy atom. The number of nitrogens with zero attached hydrogens (tertiary/aromatic N) is 1. The largest absolute Gasteiger partial charge is 0.455 e. The van der Waals surface area contributed by atoms with Gasteiger partial charge in [0.05, 0.1) is 5.69 Å². The van der Waals surface area contributed by atoms with E-state index >= 15 is 0 Å². The molecule has 5 nitrogen and oxygen atoms in total. The van der Waals surface area contributed by atoms with Crippen LogP contribution in [0.4, 0.5) is 5.69 Å². The normalized spacial score (nSPS) is 11.1. The van der Waals surface area contributed by atoms with E-state index in [9.17, 15) is 9.59 Å². The van der Waals surface area contributed by atoms with Crippen LogP contribution in [0.15, 0.2) is 46.9 Å². The Morgan fingerprint density at radius 3 is 2.59 bits per heavy atom. The van der Waals surface area contributed by atoms with Crippen molar-refractivity contribution in [3.05, 3.63) is 52.2 Å². The third-order valence-corrected chi connectivity index (χ3v) is 3.76. The number of esters is 1. The molecule has 0 aliphatic heterocycles. The first-order valence-corrected chi connectivity index (χ1v) is 7.61. The first-order valence-electron chi connectivity index (χ1n) is 6.36. The maximum absolute atomic E-state index is 11.6. The number of ether oxygens (including phenoxy) is 1. The number of halogens is 1. The van der Waals surface area contributed by atoms with Crippen LogP contribution in [0.2, 0.25) is 0 Å². The molecule has 0 atom stereocenters. The number of carbonyl (C=O) groups is 2. The molecule has 2 aromatic rings. The Kier molecular flexibility index (Phi) is 5.68. The molecule has 0 saturated heterocycles. The molecular formula is C15H13ClN2O3S. The van der Waals surface area contributed by atoms with Crippen molar-refractivity contribution >= 4 is 45.5 Å². The van der Waals surface area contributed by atoms with Crippen LogP contribution in [0, 0.1) is 0 Å². The van der Waals surface area contributed by atoms with Crippen molar-refractivity contribution in [3.8, 4) is 0 Å². The van der Waals surface area contributed by atoms with Crippen LogP contribution in [-0.2, 0) is 16.1 Å². The lowest BCUT2D eigenvalue weighted by Gasteiger charge is -2.03. The number of Topliss-reactive ketones (excluding diaryl/α,β-unsaturated/α-hetero) is 1. The molecule has 22 heavy (non-hydrogen) atoms. The monoisotopic (exact) mass is 336 g/mol. The van der Waals surface area contributed by atoms with Gasteiger partial charge in [-0.05, 0) is 42.6 Å². The predicted octanol–water partition coefficient (Wildman–Crippen LogP) is 3.66. The molecule has 0 aliphatic rings. The highest BCUT2D eigenvalue weighted by Gasteiger charge is 2.11. The molecule has 0 bridgehead atoms.